The first-order valence-electron chi connectivity index (χ1n) is 8.07. The molecule has 0 atom stereocenters. The third-order valence-corrected chi connectivity index (χ3v) is 6.16. The van der Waals surface area contributed by atoms with Gasteiger partial charge in [-0.3, -0.25) is 9.36 Å². The van der Waals surface area contributed by atoms with Crippen LogP contribution in [0, 0.1) is 4.77 Å². The van der Waals surface area contributed by atoms with Crippen LogP contribution in [0.3, 0.4) is 0 Å². The van der Waals surface area contributed by atoms with E-state index in [1.54, 1.807) is 23.0 Å². The van der Waals surface area contributed by atoms with Crippen LogP contribution in [0.1, 0.15) is 22.4 Å². The maximum Gasteiger partial charge on any atom is 0.263 e. The van der Waals surface area contributed by atoms with E-state index < -0.39 is 0 Å². The number of aromatic amines is 1. The van der Waals surface area contributed by atoms with E-state index in [1.165, 1.54) is 10.4 Å². The lowest BCUT2D eigenvalue weighted by atomic mass is 10.1. The Balaban J connectivity index is 1.68. The first kappa shape index (κ1) is 15.6. The predicted octanol–water partition coefficient (Wildman–Crippen LogP) is 3.86. The number of ether oxygens (including phenoxy) is 1. The molecule has 1 aliphatic rings. The highest BCUT2D eigenvalue weighted by atomic mass is 32.1. The number of nitrogens with one attached hydrogen (secondary N) is 1. The standard InChI is InChI=1S/C18H18N2O2S2/c1-22-12-7-5-11(6-8-12)9-10-20-17(21)15-13-3-2-4-14(13)24-16(15)19-18(20)23/h5-8H,2-4,9-10H2,1H3,(H,19,23). The second-order valence-corrected chi connectivity index (χ2v) is 7.54. The van der Waals surface area contributed by atoms with Crippen LogP contribution in [0.4, 0.5) is 0 Å². The highest BCUT2D eigenvalue weighted by Gasteiger charge is 2.21. The van der Waals surface area contributed by atoms with Crippen LogP contribution in [0.5, 0.6) is 5.75 Å². The van der Waals surface area contributed by atoms with Gasteiger partial charge in [0.25, 0.3) is 5.56 Å². The summed E-state index contributed by atoms with van der Waals surface area (Å²) in [4.78, 5) is 18.5. The van der Waals surface area contributed by atoms with Gasteiger partial charge in [-0.15, -0.1) is 11.3 Å². The first-order chi connectivity index (χ1) is 11.7. The van der Waals surface area contributed by atoms with Gasteiger partial charge >= 0.3 is 0 Å². The van der Waals surface area contributed by atoms with Gasteiger partial charge in [0.2, 0.25) is 0 Å². The Hall–Kier alpha value is -1.92. The molecule has 2 aromatic heterocycles. The molecule has 0 bridgehead atoms. The zero-order chi connectivity index (χ0) is 16.7. The molecule has 0 saturated carbocycles. The van der Waals surface area contributed by atoms with Gasteiger partial charge in [0.1, 0.15) is 10.6 Å². The van der Waals surface area contributed by atoms with Gasteiger partial charge in [-0.2, -0.15) is 0 Å². The SMILES string of the molecule is COc1ccc(CCn2c(=S)[nH]c3sc4c(c3c2=O)CCC4)cc1. The summed E-state index contributed by atoms with van der Waals surface area (Å²) in [5.74, 6) is 0.837. The van der Waals surface area contributed by atoms with Crippen molar-refractivity contribution in [3.05, 3.63) is 55.4 Å². The van der Waals surface area contributed by atoms with E-state index in [0.29, 0.717) is 11.3 Å². The molecule has 0 amide bonds. The molecule has 1 aromatic carbocycles. The highest BCUT2D eigenvalue weighted by Crippen LogP contribution is 2.34. The van der Waals surface area contributed by atoms with Crippen molar-refractivity contribution in [1.82, 2.24) is 9.55 Å². The lowest BCUT2D eigenvalue weighted by molar-refractivity contribution is 0.414. The van der Waals surface area contributed by atoms with Crippen LogP contribution in [-0.4, -0.2) is 16.7 Å². The molecule has 0 aliphatic heterocycles. The first-order valence-corrected chi connectivity index (χ1v) is 9.30. The summed E-state index contributed by atoms with van der Waals surface area (Å²) >= 11 is 7.12. The molecule has 1 N–H and O–H groups in total. The van der Waals surface area contributed by atoms with E-state index in [4.69, 9.17) is 17.0 Å². The fourth-order valence-corrected chi connectivity index (χ4v) is 4.97. The molecule has 4 nitrogen and oxygen atoms in total. The number of hydrogen-bond donors (Lipinski definition) is 1. The fraction of sp³-hybridized carbons (Fsp3) is 0.333. The predicted molar refractivity (Wildman–Crippen MR) is 100.0 cm³/mol. The average Bonchev–Trinajstić information content (AvgIpc) is 3.15. The summed E-state index contributed by atoms with van der Waals surface area (Å²) in [6.07, 6.45) is 4.01. The largest absolute Gasteiger partial charge is 0.497 e. The number of methoxy groups -OCH3 is 1. The topological polar surface area (TPSA) is 47.0 Å². The minimum atomic E-state index is 0.0571. The van der Waals surface area contributed by atoms with Gasteiger partial charge in [-0.1, -0.05) is 12.1 Å². The second kappa shape index (κ2) is 6.18. The Kier molecular flexibility index (Phi) is 4.02. The number of thiophene rings is 1. The van der Waals surface area contributed by atoms with E-state index in [9.17, 15) is 4.79 Å². The van der Waals surface area contributed by atoms with Crippen molar-refractivity contribution < 1.29 is 4.74 Å². The van der Waals surface area contributed by atoms with Gasteiger partial charge in [0, 0.05) is 11.4 Å². The molecule has 24 heavy (non-hydrogen) atoms. The van der Waals surface area contributed by atoms with Gasteiger partial charge in [0.15, 0.2) is 4.77 Å². The lowest BCUT2D eigenvalue weighted by Gasteiger charge is -2.08. The zero-order valence-electron chi connectivity index (χ0n) is 13.4. The molecule has 0 unspecified atom stereocenters. The molecular formula is C18H18N2O2S2. The Morgan fingerprint density at radius 2 is 2.08 bits per heavy atom. The van der Waals surface area contributed by atoms with Crippen LogP contribution in [0.25, 0.3) is 10.2 Å². The Bertz CT molecular complexity index is 1010. The zero-order valence-corrected chi connectivity index (χ0v) is 15.1. The molecule has 0 fully saturated rings. The third-order valence-electron chi connectivity index (χ3n) is 4.63. The molecule has 1 aliphatic carbocycles. The lowest BCUT2D eigenvalue weighted by Crippen LogP contribution is -2.23. The van der Waals surface area contributed by atoms with Crippen LogP contribution in [0.15, 0.2) is 29.1 Å². The maximum absolute atomic E-state index is 13.0. The van der Waals surface area contributed by atoms with Crippen molar-refractivity contribution in [2.45, 2.75) is 32.2 Å². The van der Waals surface area contributed by atoms with Gasteiger partial charge in [-0.25, -0.2) is 0 Å². The number of hydrogen-bond acceptors (Lipinski definition) is 4. The Morgan fingerprint density at radius 1 is 1.29 bits per heavy atom. The molecule has 2 heterocycles. The number of aromatic nitrogens is 2. The monoisotopic (exact) mass is 358 g/mol. The molecule has 3 aromatic rings. The highest BCUT2D eigenvalue weighted by molar-refractivity contribution is 7.71. The molecule has 0 spiro atoms. The average molecular weight is 358 g/mol. The molecular weight excluding hydrogens is 340 g/mol. The second-order valence-electron chi connectivity index (χ2n) is 6.05. The van der Waals surface area contributed by atoms with Gasteiger partial charge < -0.3 is 9.72 Å². The molecule has 6 heteroatoms. The summed E-state index contributed by atoms with van der Waals surface area (Å²) in [6, 6.07) is 7.93. The van der Waals surface area contributed by atoms with Crippen molar-refractivity contribution in [3.63, 3.8) is 0 Å². The minimum absolute atomic E-state index is 0.0571. The summed E-state index contributed by atoms with van der Waals surface area (Å²) < 4.78 is 7.39. The quantitative estimate of drug-likeness (QED) is 0.721. The fourth-order valence-electron chi connectivity index (χ4n) is 3.35. The van der Waals surface area contributed by atoms with Crippen molar-refractivity contribution in [3.8, 4) is 5.75 Å². The summed E-state index contributed by atoms with van der Waals surface area (Å²) in [5, 5.41) is 0.857. The number of nitrogens with zero attached hydrogens (tertiary/aromatic N) is 1. The summed E-state index contributed by atoms with van der Waals surface area (Å²) in [6.45, 7) is 0.584. The summed E-state index contributed by atoms with van der Waals surface area (Å²) in [5.41, 5.74) is 2.46. The maximum atomic E-state index is 13.0. The Morgan fingerprint density at radius 3 is 2.83 bits per heavy atom. The van der Waals surface area contributed by atoms with E-state index in [2.05, 4.69) is 4.98 Å². The van der Waals surface area contributed by atoms with Crippen molar-refractivity contribution >= 4 is 33.8 Å². The molecule has 0 saturated heterocycles. The molecule has 4 rings (SSSR count). The van der Waals surface area contributed by atoms with Crippen LogP contribution < -0.4 is 10.3 Å². The van der Waals surface area contributed by atoms with Gasteiger partial charge in [-0.05, 0) is 61.2 Å². The smallest absolute Gasteiger partial charge is 0.263 e. The number of benzene rings is 1. The van der Waals surface area contributed by atoms with Crippen molar-refractivity contribution in [2.24, 2.45) is 0 Å². The van der Waals surface area contributed by atoms with Crippen LogP contribution in [-0.2, 0) is 25.8 Å². The van der Waals surface area contributed by atoms with E-state index in [1.807, 2.05) is 24.3 Å². The van der Waals surface area contributed by atoms with Crippen molar-refractivity contribution in [2.75, 3.05) is 7.11 Å². The van der Waals surface area contributed by atoms with Crippen LogP contribution >= 0.6 is 23.6 Å². The number of fused-ring (bicyclic) bond motifs is 3. The van der Waals surface area contributed by atoms with E-state index in [-0.39, 0.29) is 5.56 Å². The van der Waals surface area contributed by atoms with E-state index in [0.717, 1.165) is 47.2 Å². The third kappa shape index (κ3) is 2.59. The van der Waals surface area contributed by atoms with E-state index >= 15 is 0 Å². The molecule has 124 valence electrons. The molecule has 0 radical (unpaired) electrons. The van der Waals surface area contributed by atoms with Gasteiger partial charge in [0.05, 0.1) is 12.5 Å². The van der Waals surface area contributed by atoms with Crippen LogP contribution in [0.2, 0.25) is 0 Å². The number of rotatable bonds is 4. The van der Waals surface area contributed by atoms with Crippen molar-refractivity contribution in [1.29, 1.82) is 0 Å². The normalized spacial score (nSPS) is 13.4. The summed E-state index contributed by atoms with van der Waals surface area (Å²) in [7, 11) is 1.66. The number of H-pyrrole nitrogens is 1. The number of aryl methyl sites for hydroxylation is 3. The minimum Gasteiger partial charge on any atom is -0.497 e. The Labute approximate surface area is 148 Å².